The smallest absolute Gasteiger partial charge is 0.124 e. The molecule has 6 nitrogen and oxygen atoms in total. The first-order valence-corrected chi connectivity index (χ1v) is 11.2. The molecule has 0 unspecified atom stereocenters. The van der Waals surface area contributed by atoms with E-state index >= 15 is 0 Å². The van der Waals surface area contributed by atoms with E-state index in [0.29, 0.717) is 12.8 Å². The Morgan fingerprint density at radius 2 is 1.55 bits per heavy atom. The van der Waals surface area contributed by atoms with Crippen molar-refractivity contribution < 1.29 is 19.3 Å². The summed E-state index contributed by atoms with van der Waals surface area (Å²) in [6, 6.07) is 14.3. The Kier molecular flexibility index (Phi) is 7.13. The Morgan fingerprint density at radius 3 is 2.26 bits per heavy atom. The number of aliphatic hydroxyl groups is 1. The van der Waals surface area contributed by atoms with Gasteiger partial charge in [0, 0.05) is 50.4 Å². The third-order valence-corrected chi connectivity index (χ3v) is 6.54. The average Bonchev–Trinajstić information content (AvgIpc) is 2.81. The molecule has 168 valence electrons. The van der Waals surface area contributed by atoms with Gasteiger partial charge in [-0.1, -0.05) is 24.3 Å². The monoisotopic (exact) mass is 426 g/mol. The molecule has 0 atom stereocenters. The molecule has 4 rings (SSSR count). The molecule has 2 aromatic rings. The normalized spacial score (nSPS) is 19.8. The highest BCUT2D eigenvalue weighted by molar-refractivity contribution is 5.39. The minimum Gasteiger partial charge on any atom is -0.496 e. The van der Waals surface area contributed by atoms with E-state index in [4.69, 9.17) is 14.2 Å². The standard InChI is InChI=1S/C25H34N2O4/c1-29-23-8-7-20(17-21(23)19-27-13-15-31-16-14-27)18-26-11-9-25(28,10-12-26)22-5-3-4-6-24(22)30-2/h3-8,17,28H,9-16,18-19H2,1-2H3. The van der Waals surface area contributed by atoms with Gasteiger partial charge in [0.25, 0.3) is 0 Å². The number of likely N-dealkylation sites (tertiary alicyclic amines) is 1. The predicted molar refractivity (Wildman–Crippen MR) is 120 cm³/mol. The molecule has 0 amide bonds. The van der Waals surface area contributed by atoms with E-state index < -0.39 is 5.60 Å². The second-order valence-electron chi connectivity index (χ2n) is 8.54. The lowest BCUT2D eigenvalue weighted by atomic mass is 9.83. The van der Waals surface area contributed by atoms with E-state index in [0.717, 1.165) is 69.5 Å². The number of hydrogen-bond donors (Lipinski definition) is 1. The Balaban J connectivity index is 1.40. The van der Waals surface area contributed by atoms with Crippen molar-refractivity contribution in [3.8, 4) is 11.5 Å². The molecule has 2 fully saturated rings. The summed E-state index contributed by atoms with van der Waals surface area (Å²) >= 11 is 0. The zero-order chi connectivity index (χ0) is 21.7. The number of rotatable bonds is 7. The number of nitrogens with zero attached hydrogens (tertiary/aromatic N) is 2. The van der Waals surface area contributed by atoms with Gasteiger partial charge < -0.3 is 19.3 Å². The Labute approximate surface area is 185 Å². The van der Waals surface area contributed by atoms with Crippen LogP contribution in [-0.2, 0) is 23.4 Å². The van der Waals surface area contributed by atoms with Crippen molar-refractivity contribution in [2.24, 2.45) is 0 Å². The van der Waals surface area contributed by atoms with Crippen molar-refractivity contribution in [1.82, 2.24) is 9.80 Å². The van der Waals surface area contributed by atoms with Gasteiger partial charge in [0.05, 0.1) is 33.0 Å². The van der Waals surface area contributed by atoms with Crippen molar-refractivity contribution >= 4 is 0 Å². The third kappa shape index (κ3) is 5.21. The van der Waals surface area contributed by atoms with Crippen LogP contribution in [0.4, 0.5) is 0 Å². The number of morpholine rings is 1. The molecule has 0 bridgehead atoms. The molecule has 6 heteroatoms. The number of methoxy groups -OCH3 is 2. The van der Waals surface area contributed by atoms with Gasteiger partial charge in [-0.2, -0.15) is 0 Å². The van der Waals surface area contributed by atoms with Crippen molar-refractivity contribution in [3.63, 3.8) is 0 Å². The molecule has 0 radical (unpaired) electrons. The van der Waals surface area contributed by atoms with Crippen LogP contribution in [0.1, 0.15) is 29.5 Å². The molecule has 0 saturated carbocycles. The van der Waals surface area contributed by atoms with Crippen LogP contribution in [0.5, 0.6) is 11.5 Å². The molecule has 0 spiro atoms. The fraction of sp³-hybridized carbons (Fsp3) is 0.520. The van der Waals surface area contributed by atoms with E-state index in [-0.39, 0.29) is 0 Å². The Bertz CT molecular complexity index is 858. The second kappa shape index (κ2) is 10.0. The Hall–Kier alpha value is -2.12. The fourth-order valence-corrected chi connectivity index (χ4v) is 4.69. The molecule has 2 saturated heterocycles. The van der Waals surface area contributed by atoms with Crippen molar-refractivity contribution in [1.29, 1.82) is 0 Å². The number of ether oxygens (including phenoxy) is 3. The van der Waals surface area contributed by atoms with Crippen LogP contribution in [0, 0.1) is 0 Å². The van der Waals surface area contributed by atoms with Gasteiger partial charge in [0.1, 0.15) is 11.5 Å². The lowest BCUT2D eigenvalue weighted by Gasteiger charge is -2.39. The summed E-state index contributed by atoms with van der Waals surface area (Å²) in [4.78, 5) is 4.84. The van der Waals surface area contributed by atoms with Gasteiger partial charge in [-0.05, 0) is 36.6 Å². The van der Waals surface area contributed by atoms with Crippen LogP contribution in [0.3, 0.4) is 0 Å². The third-order valence-electron chi connectivity index (χ3n) is 6.54. The lowest BCUT2D eigenvalue weighted by Crippen LogP contribution is -2.42. The highest BCUT2D eigenvalue weighted by Gasteiger charge is 2.36. The lowest BCUT2D eigenvalue weighted by molar-refractivity contribution is -0.0292. The summed E-state index contributed by atoms with van der Waals surface area (Å²) in [5.41, 5.74) is 2.58. The predicted octanol–water partition coefficient (Wildman–Crippen LogP) is 3.02. The summed E-state index contributed by atoms with van der Waals surface area (Å²) in [5, 5.41) is 11.3. The highest BCUT2D eigenvalue weighted by Crippen LogP contribution is 2.38. The van der Waals surface area contributed by atoms with Crippen molar-refractivity contribution in [2.45, 2.75) is 31.5 Å². The molecular formula is C25H34N2O4. The SMILES string of the molecule is COc1ccc(CN2CCC(O)(c3ccccc3OC)CC2)cc1CN1CCOCC1. The van der Waals surface area contributed by atoms with Gasteiger partial charge in [0.15, 0.2) is 0 Å². The minimum atomic E-state index is -0.829. The first-order chi connectivity index (χ1) is 15.1. The minimum absolute atomic E-state index is 0.699. The number of benzene rings is 2. The maximum Gasteiger partial charge on any atom is 0.124 e. The topological polar surface area (TPSA) is 54.4 Å². The zero-order valence-corrected chi connectivity index (χ0v) is 18.7. The summed E-state index contributed by atoms with van der Waals surface area (Å²) in [6.07, 6.45) is 1.40. The second-order valence-corrected chi connectivity index (χ2v) is 8.54. The van der Waals surface area contributed by atoms with Crippen molar-refractivity contribution in [2.75, 3.05) is 53.6 Å². The van der Waals surface area contributed by atoms with Crippen LogP contribution >= 0.6 is 0 Å². The van der Waals surface area contributed by atoms with E-state index in [1.165, 1.54) is 11.1 Å². The summed E-state index contributed by atoms with van der Waals surface area (Å²) in [7, 11) is 3.40. The molecule has 2 aromatic carbocycles. The summed E-state index contributed by atoms with van der Waals surface area (Å²) in [5.74, 6) is 1.71. The van der Waals surface area contributed by atoms with Crippen LogP contribution in [-0.4, -0.2) is 68.5 Å². The van der Waals surface area contributed by atoms with Gasteiger partial charge >= 0.3 is 0 Å². The molecule has 2 aliphatic rings. The van der Waals surface area contributed by atoms with E-state index in [9.17, 15) is 5.11 Å². The molecular weight excluding hydrogens is 392 g/mol. The van der Waals surface area contributed by atoms with E-state index in [2.05, 4.69) is 28.0 Å². The van der Waals surface area contributed by atoms with Gasteiger partial charge in [-0.3, -0.25) is 9.80 Å². The summed E-state index contributed by atoms with van der Waals surface area (Å²) < 4.78 is 16.6. The molecule has 0 aromatic heterocycles. The molecule has 2 aliphatic heterocycles. The maximum atomic E-state index is 11.3. The van der Waals surface area contributed by atoms with E-state index in [1.807, 2.05) is 24.3 Å². The van der Waals surface area contributed by atoms with Gasteiger partial charge in [-0.15, -0.1) is 0 Å². The fourth-order valence-electron chi connectivity index (χ4n) is 4.69. The number of para-hydroxylation sites is 1. The maximum absolute atomic E-state index is 11.3. The largest absolute Gasteiger partial charge is 0.496 e. The molecule has 2 heterocycles. The van der Waals surface area contributed by atoms with Crippen LogP contribution in [0.25, 0.3) is 0 Å². The highest BCUT2D eigenvalue weighted by atomic mass is 16.5. The zero-order valence-electron chi connectivity index (χ0n) is 18.7. The molecule has 1 N–H and O–H groups in total. The number of hydrogen-bond acceptors (Lipinski definition) is 6. The Morgan fingerprint density at radius 1 is 0.871 bits per heavy atom. The quantitative estimate of drug-likeness (QED) is 0.735. The average molecular weight is 427 g/mol. The summed E-state index contributed by atoms with van der Waals surface area (Å²) in [6.45, 7) is 6.96. The van der Waals surface area contributed by atoms with Crippen LogP contribution in [0.2, 0.25) is 0 Å². The van der Waals surface area contributed by atoms with Crippen molar-refractivity contribution in [3.05, 3.63) is 59.2 Å². The van der Waals surface area contributed by atoms with Crippen LogP contribution in [0.15, 0.2) is 42.5 Å². The first kappa shape index (κ1) is 22.1. The van der Waals surface area contributed by atoms with E-state index in [1.54, 1.807) is 14.2 Å². The van der Waals surface area contributed by atoms with Gasteiger partial charge in [0.2, 0.25) is 0 Å². The molecule has 0 aliphatic carbocycles. The number of piperidine rings is 1. The molecule has 31 heavy (non-hydrogen) atoms. The van der Waals surface area contributed by atoms with Crippen LogP contribution < -0.4 is 9.47 Å². The first-order valence-electron chi connectivity index (χ1n) is 11.2. The van der Waals surface area contributed by atoms with Gasteiger partial charge in [-0.25, -0.2) is 0 Å².